The molecule has 1 aliphatic heterocycles. The monoisotopic (exact) mass is 269 g/mol. The molecule has 5 nitrogen and oxygen atoms in total. The summed E-state index contributed by atoms with van der Waals surface area (Å²) in [6.45, 7) is 2.20. The number of hydrogen-bond donors (Lipinski definition) is 0. The van der Waals surface area contributed by atoms with Crippen LogP contribution in [0.2, 0.25) is 0 Å². The smallest absolute Gasteiger partial charge is 0.256 e. The van der Waals surface area contributed by atoms with E-state index in [2.05, 4.69) is 4.98 Å². The molecule has 2 heterocycles. The van der Waals surface area contributed by atoms with Gasteiger partial charge in [0.05, 0.1) is 23.5 Å². The zero-order valence-electron chi connectivity index (χ0n) is 11.5. The first-order valence-electron chi connectivity index (χ1n) is 6.57. The van der Waals surface area contributed by atoms with Gasteiger partial charge in [0, 0.05) is 13.5 Å². The van der Waals surface area contributed by atoms with Crippen LogP contribution in [0.5, 0.6) is 0 Å². The standard InChI is InChI=1S/C15H15N3O2/c1-3-13(19)14-12-8-17(2)15(20)10-6-4-5-7-11(10)18(12)9-16-14/h4-7,9H,3,8H2,1-2H3. The van der Waals surface area contributed by atoms with E-state index in [0.29, 0.717) is 24.2 Å². The van der Waals surface area contributed by atoms with Crippen LogP contribution in [0.25, 0.3) is 5.69 Å². The van der Waals surface area contributed by atoms with Crippen molar-refractivity contribution in [1.29, 1.82) is 0 Å². The van der Waals surface area contributed by atoms with E-state index in [1.54, 1.807) is 24.3 Å². The van der Waals surface area contributed by atoms with Gasteiger partial charge in [0.1, 0.15) is 12.0 Å². The normalized spacial score (nSPS) is 13.7. The summed E-state index contributed by atoms with van der Waals surface area (Å²) in [5.41, 5.74) is 2.64. The van der Waals surface area contributed by atoms with E-state index < -0.39 is 0 Å². The maximum atomic E-state index is 12.4. The van der Waals surface area contributed by atoms with Crippen molar-refractivity contribution in [3.63, 3.8) is 0 Å². The molecule has 0 aliphatic carbocycles. The minimum Gasteiger partial charge on any atom is -0.336 e. The molecule has 1 aromatic heterocycles. The lowest BCUT2D eigenvalue weighted by molar-refractivity contribution is 0.0785. The summed E-state index contributed by atoms with van der Waals surface area (Å²) in [5.74, 6) is -0.0434. The molecule has 102 valence electrons. The zero-order valence-corrected chi connectivity index (χ0v) is 11.5. The molecule has 0 unspecified atom stereocenters. The Morgan fingerprint density at radius 3 is 2.85 bits per heavy atom. The Morgan fingerprint density at radius 1 is 1.35 bits per heavy atom. The fraction of sp³-hybridized carbons (Fsp3) is 0.267. The molecular formula is C15H15N3O2. The van der Waals surface area contributed by atoms with Crippen molar-refractivity contribution in [2.75, 3.05) is 7.05 Å². The molecule has 0 atom stereocenters. The predicted octanol–water partition coefficient (Wildman–Crippen LogP) is 2.05. The number of benzene rings is 1. The number of ketones is 1. The van der Waals surface area contributed by atoms with Crippen molar-refractivity contribution in [2.45, 2.75) is 19.9 Å². The minimum absolute atomic E-state index is 0.000944. The Balaban J connectivity index is 2.26. The van der Waals surface area contributed by atoms with Crippen molar-refractivity contribution >= 4 is 11.7 Å². The number of nitrogens with zero attached hydrogens (tertiary/aromatic N) is 3. The maximum absolute atomic E-state index is 12.4. The Bertz CT molecular complexity index is 703. The van der Waals surface area contributed by atoms with Crippen LogP contribution in [0.1, 0.15) is 39.9 Å². The third kappa shape index (κ3) is 1.74. The van der Waals surface area contributed by atoms with E-state index in [-0.39, 0.29) is 11.7 Å². The second-order valence-electron chi connectivity index (χ2n) is 4.86. The topological polar surface area (TPSA) is 55.2 Å². The van der Waals surface area contributed by atoms with Crippen molar-refractivity contribution in [3.8, 4) is 5.69 Å². The van der Waals surface area contributed by atoms with Gasteiger partial charge >= 0.3 is 0 Å². The summed E-state index contributed by atoms with van der Waals surface area (Å²) in [5, 5.41) is 0. The molecule has 0 saturated heterocycles. The number of imidazole rings is 1. The van der Waals surface area contributed by atoms with Gasteiger partial charge in [0.15, 0.2) is 5.78 Å². The van der Waals surface area contributed by atoms with Gasteiger partial charge in [0.25, 0.3) is 5.91 Å². The number of para-hydroxylation sites is 1. The van der Waals surface area contributed by atoms with Crippen LogP contribution in [-0.2, 0) is 6.54 Å². The molecule has 0 bridgehead atoms. The molecule has 0 spiro atoms. The molecular weight excluding hydrogens is 254 g/mol. The van der Waals surface area contributed by atoms with E-state index in [1.165, 1.54) is 0 Å². The van der Waals surface area contributed by atoms with E-state index in [9.17, 15) is 9.59 Å². The molecule has 1 aromatic carbocycles. The van der Waals surface area contributed by atoms with Gasteiger partial charge in [-0.25, -0.2) is 4.98 Å². The molecule has 0 saturated carbocycles. The number of hydrogen-bond acceptors (Lipinski definition) is 3. The highest BCUT2D eigenvalue weighted by Gasteiger charge is 2.27. The molecule has 2 aromatic rings. The summed E-state index contributed by atoms with van der Waals surface area (Å²) in [6.07, 6.45) is 2.03. The first-order valence-corrected chi connectivity index (χ1v) is 6.57. The van der Waals surface area contributed by atoms with Gasteiger partial charge in [-0.1, -0.05) is 19.1 Å². The van der Waals surface area contributed by atoms with E-state index >= 15 is 0 Å². The number of aromatic nitrogens is 2. The van der Waals surface area contributed by atoms with E-state index in [4.69, 9.17) is 0 Å². The fourth-order valence-electron chi connectivity index (χ4n) is 2.50. The number of Topliss-reactive ketones (excluding diaryl/α,β-unsaturated/α-hetero) is 1. The number of amides is 1. The van der Waals surface area contributed by atoms with Crippen LogP contribution in [0.15, 0.2) is 30.6 Å². The Labute approximate surface area is 116 Å². The zero-order chi connectivity index (χ0) is 14.3. The van der Waals surface area contributed by atoms with E-state index in [0.717, 1.165) is 11.4 Å². The van der Waals surface area contributed by atoms with Crippen molar-refractivity contribution in [3.05, 3.63) is 47.5 Å². The Hall–Kier alpha value is -2.43. The van der Waals surface area contributed by atoms with Crippen LogP contribution in [0.3, 0.4) is 0 Å². The first kappa shape index (κ1) is 12.6. The van der Waals surface area contributed by atoms with Crippen molar-refractivity contribution < 1.29 is 9.59 Å². The molecule has 3 rings (SSSR count). The quantitative estimate of drug-likeness (QED) is 0.784. The summed E-state index contributed by atoms with van der Waals surface area (Å²) in [6, 6.07) is 7.38. The molecule has 0 fully saturated rings. The lowest BCUT2D eigenvalue weighted by Crippen LogP contribution is -2.25. The third-order valence-electron chi connectivity index (χ3n) is 3.58. The van der Waals surface area contributed by atoms with Gasteiger partial charge < -0.3 is 4.90 Å². The summed E-state index contributed by atoms with van der Waals surface area (Å²) >= 11 is 0. The van der Waals surface area contributed by atoms with Crippen LogP contribution in [-0.4, -0.2) is 33.2 Å². The molecule has 5 heteroatoms. The summed E-state index contributed by atoms with van der Waals surface area (Å²) in [7, 11) is 1.74. The first-order chi connectivity index (χ1) is 9.63. The summed E-state index contributed by atoms with van der Waals surface area (Å²) < 4.78 is 1.85. The third-order valence-corrected chi connectivity index (χ3v) is 3.58. The van der Waals surface area contributed by atoms with Gasteiger partial charge in [-0.2, -0.15) is 0 Å². The van der Waals surface area contributed by atoms with Gasteiger partial charge in [-0.05, 0) is 12.1 Å². The molecule has 1 amide bonds. The maximum Gasteiger partial charge on any atom is 0.256 e. The van der Waals surface area contributed by atoms with Crippen molar-refractivity contribution in [1.82, 2.24) is 14.5 Å². The Kier molecular flexibility index (Phi) is 2.89. The van der Waals surface area contributed by atoms with E-state index in [1.807, 2.05) is 29.7 Å². The SMILES string of the molecule is CCC(=O)c1ncn2c1CN(C)C(=O)c1ccccc1-2. The lowest BCUT2D eigenvalue weighted by Gasteiger charge is -2.14. The Morgan fingerprint density at radius 2 is 2.10 bits per heavy atom. The minimum atomic E-state index is -0.0424. The van der Waals surface area contributed by atoms with Gasteiger partial charge in [0.2, 0.25) is 0 Å². The highest BCUT2D eigenvalue weighted by atomic mass is 16.2. The number of carbonyl (C=O) groups excluding carboxylic acids is 2. The average Bonchev–Trinajstić information content (AvgIpc) is 2.85. The molecule has 20 heavy (non-hydrogen) atoms. The highest BCUT2D eigenvalue weighted by Crippen LogP contribution is 2.25. The van der Waals surface area contributed by atoms with Crippen LogP contribution in [0.4, 0.5) is 0 Å². The average molecular weight is 269 g/mol. The lowest BCUT2D eigenvalue weighted by atomic mass is 10.1. The molecule has 0 N–H and O–H groups in total. The van der Waals surface area contributed by atoms with Gasteiger partial charge in [-0.15, -0.1) is 0 Å². The number of fused-ring (bicyclic) bond motifs is 3. The van der Waals surface area contributed by atoms with Crippen LogP contribution < -0.4 is 0 Å². The summed E-state index contributed by atoms with van der Waals surface area (Å²) in [4.78, 5) is 30.2. The largest absolute Gasteiger partial charge is 0.336 e. The highest BCUT2D eigenvalue weighted by molar-refractivity contribution is 5.99. The fourth-order valence-corrected chi connectivity index (χ4v) is 2.50. The second kappa shape index (κ2) is 4.59. The number of carbonyl (C=O) groups is 2. The van der Waals surface area contributed by atoms with Crippen LogP contribution >= 0.6 is 0 Å². The van der Waals surface area contributed by atoms with Crippen molar-refractivity contribution in [2.24, 2.45) is 0 Å². The van der Waals surface area contributed by atoms with Crippen LogP contribution in [0, 0.1) is 0 Å². The predicted molar refractivity (Wildman–Crippen MR) is 74.0 cm³/mol. The number of rotatable bonds is 2. The molecule has 1 aliphatic rings. The second-order valence-corrected chi connectivity index (χ2v) is 4.86. The molecule has 0 radical (unpaired) electrons. The van der Waals surface area contributed by atoms with Gasteiger partial charge in [-0.3, -0.25) is 14.2 Å².